The predicted molar refractivity (Wildman–Crippen MR) is 93.2 cm³/mol. The number of rotatable bonds is 6. The molecule has 0 aliphatic rings. The van der Waals surface area contributed by atoms with Crippen molar-refractivity contribution in [3.05, 3.63) is 88.3 Å². The van der Waals surface area contributed by atoms with Gasteiger partial charge >= 0.3 is 7.82 Å². The van der Waals surface area contributed by atoms with E-state index in [1.165, 1.54) is 18.2 Å². The van der Waals surface area contributed by atoms with Crippen LogP contribution in [0.1, 0.15) is 5.56 Å². The summed E-state index contributed by atoms with van der Waals surface area (Å²) in [4.78, 5) is 0. The second kappa shape index (κ2) is 8.89. The molecular formula is C19H8F9O4P. The van der Waals surface area contributed by atoms with Crippen molar-refractivity contribution in [2.75, 3.05) is 0 Å². The van der Waals surface area contributed by atoms with E-state index < -0.39 is 83.0 Å². The third kappa shape index (κ3) is 4.45. The monoisotopic (exact) mass is 502 g/mol. The van der Waals surface area contributed by atoms with Gasteiger partial charge in [-0.1, -0.05) is 18.2 Å². The Morgan fingerprint density at radius 1 is 0.545 bits per heavy atom. The van der Waals surface area contributed by atoms with Crippen LogP contribution < -0.4 is 13.6 Å². The molecule has 0 aliphatic carbocycles. The summed E-state index contributed by atoms with van der Waals surface area (Å²) in [6.45, 7) is 0.645. The fourth-order valence-electron chi connectivity index (χ4n) is 2.36. The zero-order chi connectivity index (χ0) is 24.7. The number of halogens is 9. The molecule has 3 aromatic carbocycles. The number of hydrogen-bond donors (Lipinski definition) is 0. The Morgan fingerprint density at radius 2 is 0.909 bits per heavy atom. The van der Waals surface area contributed by atoms with Gasteiger partial charge in [0.25, 0.3) is 0 Å². The number of para-hydroxylation sites is 1. The first-order valence-electron chi connectivity index (χ1n) is 8.45. The quantitative estimate of drug-likeness (QED) is 0.159. The number of hydrogen-bond acceptors (Lipinski definition) is 4. The lowest BCUT2D eigenvalue weighted by Crippen LogP contribution is -2.14. The van der Waals surface area contributed by atoms with Crippen LogP contribution in [0.4, 0.5) is 39.5 Å². The SMILES string of the molecule is Cc1c(F)c(F)c(OP(=O)(Oc2ccccc2)Oc2c(F)c(F)c(F)c(F)c2F)c(F)c1F. The second-order valence-corrected chi connectivity index (χ2v) is 7.59. The maximum absolute atomic E-state index is 14.2. The minimum atomic E-state index is -5.85. The van der Waals surface area contributed by atoms with Gasteiger partial charge in [-0.25, -0.2) is 22.0 Å². The van der Waals surface area contributed by atoms with Gasteiger partial charge in [-0.2, -0.15) is 22.1 Å². The van der Waals surface area contributed by atoms with Crippen LogP contribution in [0.15, 0.2) is 30.3 Å². The standard InChI is InChI=1S/C19H8F9O4P/c1-7-9(20)14(25)18(15(26)10(7)21)31-33(29,30-8-5-3-2-4-6-8)32-19-16(27)12(23)11(22)13(24)17(19)28/h2-6H,1H3. The third-order valence-electron chi connectivity index (χ3n) is 3.98. The van der Waals surface area contributed by atoms with Crippen LogP contribution in [0.25, 0.3) is 0 Å². The van der Waals surface area contributed by atoms with Crippen LogP contribution in [-0.4, -0.2) is 0 Å². The highest BCUT2D eigenvalue weighted by Gasteiger charge is 2.41. The largest absolute Gasteiger partial charge is 0.647 e. The third-order valence-corrected chi connectivity index (χ3v) is 5.23. The van der Waals surface area contributed by atoms with Crippen LogP contribution in [-0.2, 0) is 4.57 Å². The molecule has 14 heteroatoms. The van der Waals surface area contributed by atoms with Crippen molar-refractivity contribution < 1.29 is 57.7 Å². The van der Waals surface area contributed by atoms with Gasteiger partial charge in [0, 0.05) is 5.56 Å². The molecule has 0 saturated heterocycles. The highest BCUT2D eigenvalue weighted by atomic mass is 31.2. The summed E-state index contributed by atoms with van der Waals surface area (Å²) in [6.07, 6.45) is 0. The number of phosphoric ester groups is 1. The molecule has 0 spiro atoms. The molecule has 0 heterocycles. The molecule has 0 aromatic heterocycles. The average molecular weight is 502 g/mol. The first-order chi connectivity index (χ1) is 15.4. The van der Waals surface area contributed by atoms with Crippen LogP contribution in [0.3, 0.4) is 0 Å². The summed E-state index contributed by atoms with van der Waals surface area (Å²) in [5, 5.41) is 0. The summed E-state index contributed by atoms with van der Waals surface area (Å²) < 4.78 is 151. The molecular weight excluding hydrogens is 494 g/mol. The number of benzene rings is 3. The van der Waals surface area contributed by atoms with Gasteiger partial charge in [0.05, 0.1) is 0 Å². The number of phosphoric acid groups is 1. The molecule has 4 nitrogen and oxygen atoms in total. The normalized spacial score (nSPS) is 12.9. The van der Waals surface area contributed by atoms with E-state index in [9.17, 15) is 44.1 Å². The Bertz CT molecular complexity index is 1150. The van der Waals surface area contributed by atoms with Crippen LogP contribution in [0, 0.1) is 59.3 Å². The second-order valence-electron chi connectivity index (χ2n) is 6.14. The molecule has 0 aliphatic heterocycles. The Labute approximate surface area is 178 Å². The Kier molecular flexibility index (Phi) is 6.55. The Morgan fingerprint density at radius 3 is 1.33 bits per heavy atom. The lowest BCUT2D eigenvalue weighted by Gasteiger charge is -2.21. The van der Waals surface area contributed by atoms with Crippen molar-refractivity contribution in [3.8, 4) is 17.2 Å². The van der Waals surface area contributed by atoms with Gasteiger partial charge < -0.3 is 13.6 Å². The lowest BCUT2D eigenvalue weighted by molar-refractivity contribution is 0.263. The van der Waals surface area contributed by atoms with E-state index >= 15 is 0 Å². The van der Waals surface area contributed by atoms with Gasteiger partial charge in [-0.3, -0.25) is 0 Å². The summed E-state index contributed by atoms with van der Waals surface area (Å²) >= 11 is 0. The zero-order valence-electron chi connectivity index (χ0n) is 15.9. The summed E-state index contributed by atoms with van der Waals surface area (Å²) in [6, 6.07) is 5.91. The van der Waals surface area contributed by atoms with E-state index in [0.29, 0.717) is 6.92 Å². The summed E-state index contributed by atoms with van der Waals surface area (Å²) in [5.74, 6) is -26.2. The van der Waals surface area contributed by atoms with Crippen molar-refractivity contribution >= 4 is 7.82 Å². The van der Waals surface area contributed by atoms with E-state index in [2.05, 4.69) is 9.05 Å². The molecule has 3 rings (SSSR count). The van der Waals surface area contributed by atoms with Crippen LogP contribution in [0.5, 0.6) is 17.2 Å². The maximum atomic E-state index is 14.2. The first kappa shape index (κ1) is 24.3. The van der Waals surface area contributed by atoms with Crippen molar-refractivity contribution in [2.24, 2.45) is 0 Å². The molecule has 176 valence electrons. The summed E-state index contributed by atoms with van der Waals surface area (Å²) in [5.41, 5.74) is -1.14. The smallest absolute Gasteiger partial charge is 0.386 e. The molecule has 3 aromatic rings. The Hall–Kier alpha value is -3.34. The van der Waals surface area contributed by atoms with Gasteiger partial charge in [0.15, 0.2) is 11.6 Å². The lowest BCUT2D eigenvalue weighted by atomic mass is 10.2. The van der Waals surface area contributed by atoms with Crippen molar-refractivity contribution in [1.29, 1.82) is 0 Å². The molecule has 0 fully saturated rings. The fourth-order valence-corrected chi connectivity index (χ4v) is 3.62. The minimum Gasteiger partial charge on any atom is -0.386 e. The minimum absolute atomic E-state index is 0.515. The maximum Gasteiger partial charge on any atom is 0.647 e. The van der Waals surface area contributed by atoms with Crippen LogP contribution in [0.2, 0.25) is 0 Å². The molecule has 1 atom stereocenters. The molecule has 1 unspecified atom stereocenters. The molecule has 33 heavy (non-hydrogen) atoms. The van der Waals surface area contributed by atoms with E-state index in [0.717, 1.165) is 12.1 Å². The van der Waals surface area contributed by atoms with Gasteiger partial charge in [0.1, 0.15) is 5.75 Å². The molecule has 0 N–H and O–H groups in total. The summed E-state index contributed by atoms with van der Waals surface area (Å²) in [7, 11) is -5.85. The first-order valence-corrected chi connectivity index (χ1v) is 9.91. The Balaban J connectivity index is 2.18. The van der Waals surface area contributed by atoms with Gasteiger partial charge in [0.2, 0.25) is 52.2 Å². The van der Waals surface area contributed by atoms with E-state index in [4.69, 9.17) is 4.52 Å². The fraction of sp³-hybridized carbons (Fsp3) is 0.0526. The van der Waals surface area contributed by atoms with Gasteiger partial charge in [-0.05, 0) is 19.1 Å². The average Bonchev–Trinajstić information content (AvgIpc) is 2.80. The molecule has 0 saturated carbocycles. The van der Waals surface area contributed by atoms with E-state index in [1.807, 2.05) is 0 Å². The van der Waals surface area contributed by atoms with Gasteiger partial charge in [-0.15, -0.1) is 0 Å². The van der Waals surface area contributed by atoms with Crippen molar-refractivity contribution in [1.82, 2.24) is 0 Å². The molecule has 0 amide bonds. The van der Waals surface area contributed by atoms with Crippen molar-refractivity contribution in [2.45, 2.75) is 6.92 Å². The predicted octanol–water partition coefficient (Wildman–Crippen LogP) is 6.89. The topological polar surface area (TPSA) is 44.8 Å². The van der Waals surface area contributed by atoms with Crippen LogP contribution >= 0.6 is 7.82 Å². The van der Waals surface area contributed by atoms with Crippen molar-refractivity contribution in [3.63, 3.8) is 0 Å². The zero-order valence-corrected chi connectivity index (χ0v) is 16.8. The molecule has 0 radical (unpaired) electrons. The molecule has 0 bridgehead atoms. The van der Waals surface area contributed by atoms with E-state index in [-0.39, 0.29) is 0 Å². The highest BCUT2D eigenvalue weighted by Crippen LogP contribution is 2.52. The van der Waals surface area contributed by atoms with E-state index in [1.54, 1.807) is 0 Å². The highest BCUT2D eigenvalue weighted by molar-refractivity contribution is 7.49.